The third-order valence-corrected chi connectivity index (χ3v) is 7.54. The van der Waals surface area contributed by atoms with Gasteiger partial charge in [0.25, 0.3) is 29.4 Å². The Bertz CT molecular complexity index is 1010. The average Bonchev–Trinajstić information content (AvgIpc) is 3.13. The van der Waals surface area contributed by atoms with E-state index in [9.17, 15) is 38.3 Å². The number of nitrogens with zero attached hydrogens (tertiary/aromatic N) is 4. The van der Waals surface area contributed by atoms with Crippen molar-refractivity contribution in [2.45, 2.75) is 30.9 Å². The van der Waals surface area contributed by atoms with Gasteiger partial charge in [0.05, 0.1) is 19.0 Å². The van der Waals surface area contributed by atoms with Gasteiger partial charge in [-0.25, -0.2) is 8.62 Å². The van der Waals surface area contributed by atoms with E-state index in [-0.39, 0.29) is 107 Å². The largest absolute Gasteiger partial charge is 1.00 e. The summed E-state index contributed by atoms with van der Waals surface area (Å²) in [5, 5.41) is 10.1. The molecule has 1 saturated heterocycles. The summed E-state index contributed by atoms with van der Waals surface area (Å²) in [7, 11) is -17.6. The molecular formula is C10H13N5Na3O13P3. The van der Waals surface area contributed by atoms with Gasteiger partial charge in [0.15, 0.2) is 11.9 Å². The first-order valence-electron chi connectivity index (χ1n) is 8.01. The van der Waals surface area contributed by atoms with E-state index in [1.807, 2.05) is 0 Å². The minimum atomic E-state index is -6.05. The first-order chi connectivity index (χ1) is 14.2. The van der Waals surface area contributed by atoms with E-state index < -0.39 is 60.5 Å². The van der Waals surface area contributed by atoms with E-state index in [4.69, 9.17) is 15.4 Å². The molecule has 3 aliphatic rings. The van der Waals surface area contributed by atoms with E-state index >= 15 is 0 Å². The molecule has 0 radical (unpaired) electrons. The number of ether oxygens (including phenoxy) is 1. The van der Waals surface area contributed by atoms with Crippen LogP contribution in [0, 0.1) is 0 Å². The Kier molecular flexibility index (Phi) is 14.2. The van der Waals surface area contributed by atoms with Crippen LogP contribution in [-0.2, 0) is 36.4 Å². The van der Waals surface area contributed by atoms with Crippen molar-refractivity contribution in [2.75, 3.05) is 6.61 Å². The van der Waals surface area contributed by atoms with E-state index in [0.29, 0.717) is 0 Å². The second-order valence-electron chi connectivity index (χ2n) is 6.11. The van der Waals surface area contributed by atoms with Gasteiger partial charge < -0.3 is 39.7 Å². The van der Waals surface area contributed by atoms with Crippen molar-refractivity contribution in [3.05, 3.63) is 0 Å². The van der Waals surface area contributed by atoms with Crippen molar-refractivity contribution in [3.63, 3.8) is 0 Å². The number of aliphatic hydroxyl groups is 1. The first-order valence-corrected chi connectivity index (χ1v) is 12.4. The number of phosphoric acid groups is 3. The van der Waals surface area contributed by atoms with Crippen molar-refractivity contribution in [1.29, 1.82) is 0 Å². The number of aliphatic imine (C=N–C) groups is 3. The molecule has 174 valence electrons. The fourth-order valence-electron chi connectivity index (χ4n) is 2.72. The van der Waals surface area contributed by atoms with Crippen LogP contribution >= 0.6 is 23.5 Å². The monoisotopic (exact) mass is 573 g/mol. The normalized spacial score (nSPS) is 30.9. The number of aliphatic hydroxyl groups excluding tert-OH is 1. The zero-order valence-electron chi connectivity index (χ0n) is 17.9. The Balaban J connectivity index is 0.00000363. The Morgan fingerprint density at radius 2 is 1.76 bits per heavy atom. The maximum Gasteiger partial charge on any atom is 1.00 e. The molecule has 0 spiro atoms. The number of amides is 1. The number of phosphoric ester groups is 1. The zero-order valence-corrected chi connectivity index (χ0v) is 26.6. The van der Waals surface area contributed by atoms with E-state index in [0.717, 1.165) is 0 Å². The molecule has 3 heterocycles. The number of carbonyl (C=O) groups is 1. The molecule has 0 aromatic heterocycles. The summed E-state index contributed by atoms with van der Waals surface area (Å²) in [5.74, 6) is -0.909. The van der Waals surface area contributed by atoms with Gasteiger partial charge in [-0.3, -0.25) is 28.4 Å². The number of hydrogen-bond acceptors (Lipinski definition) is 16. The Morgan fingerprint density at radius 1 is 1.15 bits per heavy atom. The van der Waals surface area contributed by atoms with Crippen molar-refractivity contribution >= 4 is 47.5 Å². The minimum Gasteiger partial charge on any atom is -0.756 e. The third-order valence-electron chi connectivity index (χ3n) is 3.85. The number of guanidine groups is 1. The second-order valence-corrected chi connectivity index (χ2v) is 10.4. The van der Waals surface area contributed by atoms with Crippen LogP contribution < -0.4 is 109 Å². The molecule has 7 atom stereocenters. The van der Waals surface area contributed by atoms with Gasteiger partial charge in [0.1, 0.15) is 12.3 Å². The van der Waals surface area contributed by atoms with Gasteiger partial charge in [-0.1, -0.05) is 0 Å². The van der Waals surface area contributed by atoms with E-state index in [1.54, 1.807) is 0 Å². The smallest absolute Gasteiger partial charge is 0.756 e. The summed E-state index contributed by atoms with van der Waals surface area (Å²) in [6.07, 6.45) is -2.56. The van der Waals surface area contributed by atoms with Crippen LogP contribution in [0.25, 0.3) is 0 Å². The van der Waals surface area contributed by atoms with Gasteiger partial charge in [-0.15, -0.1) is 0 Å². The number of nitrogens with two attached hydrogens (primary N) is 1. The van der Waals surface area contributed by atoms with Crippen molar-refractivity contribution in [2.24, 2.45) is 20.7 Å². The van der Waals surface area contributed by atoms with Crippen LogP contribution in [0.2, 0.25) is 0 Å². The predicted molar refractivity (Wildman–Crippen MR) is 90.6 cm³/mol. The molecule has 1 fully saturated rings. The molecule has 0 aromatic rings. The van der Waals surface area contributed by atoms with Crippen LogP contribution in [-0.4, -0.2) is 70.0 Å². The standard InChI is InChI=1S/C10H16N5O13P3.3Na/c11-10-13-8-7(9(17)14-10)12-3-15(8)6-1-4(16)5(26-6)2-25-30(21,22)28-31(23,24)27-29(18,19)20;;;/h3-7,16H,1-2H2,(H,21,22)(H,23,24)(H2,11,14,17)(H2,18,19,20);;;/q;3*+1/p-3/t4-,5+,6+,7?;;;/m0.../s1. The molecule has 0 aromatic carbocycles. The zero-order chi connectivity index (χ0) is 23.2. The topological polar surface area (TPSA) is 281 Å². The van der Waals surface area contributed by atoms with Crippen LogP contribution in [0.1, 0.15) is 6.42 Å². The molecule has 3 rings (SSSR count). The van der Waals surface area contributed by atoms with Gasteiger partial charge in [-0.2, -0.15) is 9.98 Å². The third kappa shape index (κ3) is 9.73. The molecule has 0 bridgehead atoms. The SMILES string of the molecule is NC1=NC(=O)C2N=CN([C@H]3C[C@H](O)[C@@H](COP(=O)([O-])OP(=O)([O-])OP(=O)([O-])O)O3)C2=N1.[Na+].[Na+].[Na+]. The number of rotatable bonds is 8. The van der Waals surface area contributed by atoms with Crippen molar-refractivity contribution in [1.82, 2.24) is 4.90 Å². The van der Waals surface area contributed by atoms with Gasteiger partial charge >= 0.3 is 88.7 Å². The molecule has 4 unspecified atom stereocenters. The molecule has 0 saturated carbocycles. The second kappa shape index (κ2) is 13.6. The van der Waals surface area contributed by atoms with Crippen LogP contribution in [0.4, 0.5) is 0 Å². The van der Waals surface area contributed by atoms with E-state index in [1.165, 1.54) is 11.2 Å². The summed E-state index contributed by atoms with van der Waals surface area (Å²) < 4.78 is 49.5. The summed E-state index contributed by atoms with van der Waals surface area (Å²) in [4.78, 5) is 65.8. The molecule has 18 nitrogen and oxygen atoms in total. The fraction of sp³-hybridized carbons (Fsp3) is 0.600. The average molecular weight is 573 g/mol. The van der Waals surface area contributed by atoms with Crippen LogP contribution in [0.5, 0.6) is 0 Å². The van der Waals surface area contributed by atoms with Gasteiger partial charge in [0.2, 0.25) is 5.96 Å². The van der Waals surface area contributed by atoms with Crippen molar-refractivity contribution in [3.8, 4) is 0 Å². The summed E-state index contributed by atoms with van der Waals surface area (Å²) in [6, 6.07) is -1.05. The maximum absolute atomic E-state index is 11.8. The Morgan fingerprint density at radius 3 is 2.35 bits per heavy atom. The number of carbonyl (C=O) groups excluding carboxylic acids is 1. The molecule has 0 aliphatic carbocycles. The summed E-state index contributed by atoms with van der Waals surface area (Å²) in [6.45, 7) is -0.948. The summed E-state index contributed by atoms with van der Waals surface area (Å²) in [5.41, 5.74) is 5.44. The Hall–Kier alpha value is 1.61. The molecule has 4 N–H and O–H groups in total. The van der Waals surface area contributed by atoms with Gasteiger partial charge in [0, 0.05) is 6.42 Å². The number of hydrogen-bond donors (Lipinski definition) is 3. The van der Waals surface area contributed by atoms with Crippen LogP contribution in [0.15, 0.2) is 15.0 Å². The Labute approximate surface area is 257 Å². The molecule has 1 amide bonds. The van der Waals surface area contributed by atoms with Crippen LogP contribution in [0.3, 0.4) is 0 Å². The number of amidine groups is 1. The number of fused-ring (bicyclic) bond motifs is 1. The minimum absolute atomic E-state index is 0. The van der Waals surface area contributed by atoms with Crippen molar-refractivity contribution < 1.29 is 150 Å². The quantitative estimate of drug-likeness (QED) is 0.180. The molecular weight excluding hydrogens is 560 g/mol. The fourth-order valence-corrected chi connectivity index (χ4v) is 5.62. The first kappa shape index (κ1) is 35.6. The molecule has 34 heavy (non-hydrogen) atoms. The summed E-state index contributed by atoms with van der Waals surface area (Å²) >= 11 is 0. The maximum atomic E-state index is 11.8. The molecule has 3 aliphatic heterocycles. The van der Waals surface area contributed by atoms with Gasteiger partial charge in [-0.05, 0) is 0 Å². The molecule has 24 heteroatoms. The van der Waals surface area contributed by atoms with E-state index in [2.05, 4.69) is 28.1 Å². The predicted octanol–water partition coefficient (Wildman–Crippen LogP) is -13.1.